The van der Waals surface area contributed by atoms with E-state index < -0.39 is 5.69 Å². The van der Waals surface area contributed by atoms with Crippen LogP contribution in [0, 0.1) is 0 Å². The number of aromatic nitrogens is 6. The predicted octanol–water partition coefficient (Wildman–Crippen LogP) is 2.91. The number of carbonyl (C=O) groups is 2. The molecule has 1 aliphatic rings. The van der Waals surface area contributed by atoms with E-state index in [0.29, 0.717) is 42.8 Å². The van der Waals surface area contributed by atoms with Gasteiger partial charge in [0, 0.05) is 41.9 Å². The van der Waals surface area contributed by atoms with Crippen LogP contribution in [-0.4, -0.2) is 64.3 Å². The lowest BCUT2D eigenvalue weighted by molar-refractivity contribution is -0.131. The van der Waals surface area contributed by atoms with Gasteiger partial charge in [0.1, 0.15) is 5.82 Å². The van der Waals surface area contributed by atoms with Crippen molar-refractivity contribution in [3.63, 3.8) is 0 Å². The molecule has 1 fully saturated rings. The number of rotatable bonds is 6. The summed E-state index contributed by atoms with van der Waals surface area (Å²) in [6.45, 7) is 2.32. The number of pyridine rings is 1. The minimum absolute atomic E-state index is 0.105. The average molecular weight is 553 g/mol. The maximum absolute atomic E-state index is 12.8. The average Bonchev–Trinajstić information content (AvgIpc) is 3.55. The van der Waals surface area contributed by atoms with Crippen molar-refractivity contribution in [3.05, 3.63) is 82.3 Å². The van der Waals surface area contributed by atoms with E-state index >= 15 is 0 Å². The summed E-state index contributed by atoms with van der Waals surface area (Å²) in [5.41, 5.74) is 11.0. The van der Waals surface area contributed by atoms with Gasteiger partial charge >= 0.3 is 5.69 Å². The van der Waals surface area contributed by atoms with Crippen molar-refractivity contribution in [1.29, 1.82) is 0 Å². The second kappa shape index (κ2) is 10.4. The van der Waals surface area contributed by atoms with Gasteiger partial charge in [-0.3, -0.25) is 19.6 Å². The molecule has 0 spiro atoms. The largest absolute Gasteiger partial charge is 0.493 e. The summed E-state index contributed by atoms with van der Waals surface area (Å²) in [5.74, 6) is -0.634. The second-order valence-corrected chi connectivity index (χ2v) is 10.1. The third-order valence-corrected chi connectivity index (χ3v) is 7.55. The fraction of sp³-hybridized carbons (Fsp3) is 0.241. The van der Waals surface area contributed by atoms with Crippen molar-refractivity contribution in [2.24, 2.45) is 0 Å². The lowest BCUT2D eigenvalue weighted by Gasteiger charge is -2.32. The minimum atomic E-state index is -0.568. The number of nitrogens with zero attached hydrogens (tertiary/aromatic N) is 5. The van der Waals surface area contributed by atoms with E-state index in [1.807, 2.05) is 42.5 Å². The number of nitrogens with two attached hydrogens (primary N) is 1. The van der Waals surface area contributed by atoms with Crippen LogP contribution in [0.3, 0.4) is 0 Å². The zero-order valence-corrected chi connectivity index (χ0v) is 22.3. The number of ketones is 1. The molecule has 1 aromatic carbocycles. The van der Waals surface area contributed by atoms with Gasteiger partial charge in [0.15, 0.2) is 11.4 Å². The highest BCUT2D eigenvalue weighted by Crippen LogP contribution is 2.35. The number of aromatic amines is 2. The summed E-state index contributed by atoms with van der Waals surface area (Å²) in [4.78, 5) is 52.9. The van der Waals surface area contributed by atoms with Crippen molar-refractivity contribution in [3.8, 4) is 28.3 Å². The number of carbonyl (C=O) groups excluding carboxylic acids is 2. The highest BCUT2D eigenvalue weighted by molar-refractivity contribution is 6.00. The van der Waals surface area contributed by atoms with Crippen molar-refractivity contribution < 1.29 is 14.7 Å². The van der Waals surface area contributed by atoms with Crippen LogP contribution in [0.5, 0.6) is 5.88 Å². The summed E-state index contributed by atoms with van der Waals surface area (Å²) in [5, 5.41) is 14.2. The van der Waals surface area contributed by atoms with Crippen molar-refractivity contribution in [1.82, 2.24) is 34.4 Å². The number of nitrogen functional groups attached to an aromatic ring is 1. The van der Waals surface area contributed by atoms with Crippen molar-refractivity contribution >= 4 is 23.2 Å². The fourth-order valence-electron chi connectivity index (χ4n) is 5.43. The van der Waals surface area contributed by atoms with Crippen molar-refractivity contribution in [2.75, 3.05) is 18.8 Å². The van der Waals surface area contributed by atoms with Gasteiger partial charge in [-0.25, -0.2) is 9.78 Å². The lowest BCUT2D eigenvalue weighted by atomic mass is 9.89. The van der Waals surface area contributed by atoms with Gasteiger partial charge in [-0.1, -0.05) is 36.4 Å². The number of Topliss-reactive ketones (excluding diaryl/α,β-unsaturated/α-hetero) is 1. The molecule has 5 N–H and O–H groups in total. The first-order valence-electron chi connectivity index (χ1n) is 13.3. The van der Waals surface area contributed by atoms with Crippen LogP contribution in [0.1, 0.15) is 47.4 Å². The van der Waals surface area contributed by atoms with Gasteiger partial charge < -0.3 is 20.7 Å². The van der Waals surface area contributed by atoms with Gasteiger partial charge in [0.05, 0.1) is 35.3 Å². The number of hydrogen-bond acceptors (Lipinski definition) is 8. The Morgan fingerprint density at radius 1 is 1.05 bits per heavy atom. The monoisotopic (exact) mass is 552 g/mol. The molecule has 12 nitrogen and oxygen atoms in total. The van der Waals surface area contributed by atoms with E-state index in [1.165, 1.54) is 11.4 Å². The number of aromatic hydroxyl groups is 1. The van der Waals surface area contributed by atoms with Crippen LogP contribution in [0.4, 0.5) is 5.82 Å². The number of fused-ring (bicyclic) bond motifs is 1. The Bertz CT molecular complexity index is 1810. The van der Waals surface area contributed by atoms with E-state index in [1.54, 1.807) is 17.3 Å². The number of nitrogens with one attached hydrogen (secondary N) is 2. The number of hydrogen-bond donors (Lipinski definition) is 4. The molecule has 1 amide bonds. The first-order chi connectivity index (χ1) is 19.8. The predicted molar refractivity (Wildman–Crippen MR) is 151 cm³/mol. The smallest absolute Gasteiger partial charge is 0.325 e. The van der Waals surface area contributed by atoms with Crippen LogP contribution >= 0.6 is 0 Å². The second-order valence-electron chi connectivity index (χ2n) is 10.1. The zero-order chi connectivity index (χ0) is 28.7. The highest BCUT2D eigenvalue weighted by Gasteiger charge is 2.30. The quantitative estimate of drug-likeness (QED) is 0.233. The lowest BCUT2D eigenvalue weighted by Crippen LogP contribution is -2.39. The number of piperidine rings is 1. The van der Waals surface area contributed by atoms with Gasteiger partial charge in [0.25, 0.3) is 0 Å². The molecule has 0 saturated carbocycles. The summed E-state index contributed by atoms with van der Waals surface area (Å²) < 4.78 is 1.49. The molecule has 0 aliphatic carbocycles. The number of likely N-dealkylation sites (tertiary alicyclic amines) is 1. The Morgan fingerprint density at radius 2 is 1.80 bits per heavy atom. The van der Waals surface area contributed by atoms with E-state index in [-0.39, 0.29) is 41.4 Å². The number of amides is 1. The molecular weight excluding hydrogens is 524 g/mol. The van der Waals surface area contributed by atoms with Gasteiger partial charge in [0.2, 0.25) is 11.8 Å². The number of imidazole rings is 1. The zero-order valence-electron chi connectivity index (χ0n) is 22.3. The molecule has 4 aromatic heterocycles. The molecule has 1 saturated heterocycles. The summed E-state index contributed by atoms with van der Waals surface area (Å²) in [6.07, 6.45) is 4.46. The first kappa shape index (κ1) is 26.0. The summed E-state index contributed by atoms with van der Waals surface area (Å²) in [6, 6.07) is 13.8. The Balaban J connectivity index is 1.28. The highest BCUT2D eigenvalue weighted by atomic mass is 16.3. The molecule has 6 rings (SSSR count). The number of anilines is 1. The van der Waals surface area contributed by atoms with Crippen molar-refractivity contribution in [2.45, 2.75) is 32.1 Å². The van der Waals surface area contributed by atoms with Crippen LogP contribution in [0.2, 0.25) is 0 Å². The van der Waals surface area contributed by atoms with E-state index in [0.717, 1.165) is 22.4 Å². The van der Waals surface area contributed by atoms with Gasteiger partial charge in [-0.2, -0.15) is 9.61 Å². The van der Waals surface area contributed by atoms with E-state index in [9.17, 15) is 19.5 Å². The number of benzene rings is 1. The Hall–Kier alpha value is -5.26. The minimum Gasteiger partial charge on any atom is -0.493 e. The van der Waals surface area contributed by atoms with E-state index in [2.05, 4.69) is 20.1 Å². The molecule has 0 radical (unpaired) electrons. The summed E-state index contributed by atoms with van der Waals surface area (Å²) >= 11 is 0. The SMILES string of the molecule is CC(=O)c1c(C2CCN(C(=O)Cc3[nH]c(=O)[nH]c3O)CC2)nc2c(-c3ccc(-c4ccccc4)nc3)cnn2c1N. The molecule has 5 heterocycles. The molecular formula is C29H28N8O4. The first-order valence-corrected chi connectivity index (χ1v) is 13.3. The Morgan fingerprint density at radius 3 is 2.44 bits per heavy atom. The maximum Gasteiger partial charge on any atom is 0.325 e. The van der Waals surface area contributed by atoms with Crippen LogP contribution in [0.25, 0.3) is 28.0 Å². The van der Waals surface area contributed by atoms with Gasteiger partial charge in [-0.05, 0) is 25.8 Å². The topological polar surface area (TPSA) is 175 Å². The number of H-pyrrole nitrogens is 2. The van der Waals surface area contributed by atoms with Gasteiger partial charge in [-0.15, -0.1) is 0 Å². The van der Waals surface area contributed by atoms with Crippen LogP contribution in [0.15, 0.2) is 59.7 Å². The van der Waals surface area contributed by atoms with E-state index in [4.69, 9.17) is 10.7 Å². The Kier molecular flexibility index (Phi) is 6.58. The molecule has 0 bridgehead atoms. The molecule has 41 heavy (non-hydrogen) atoms. The van der Waals surface area contributed by atoms with Crippen LogP contribution in [-0.2, 0) is 11.2 Å². The maximum atomic E-state index is 12.8. The molecule has 208 valence electrons. The van der Waals surface area contributed by atoms with Crippen LogP contribution < -0.4 is 11.4 Å². The fourth-order valence-corrected chi connectivity index (χ4v) is 5.43. The Labute approximate surface area is 233 Å². The molecule has 5 aromatic rings. The third-order valence-electron chi connectivity index (χ3n) is 7.55. The standard InChI is InChI=1S/C29H28N8O4/c1-16(38)24-25(18-9-11-36(12-10-18)23(39)13-22-28(40)35-29(41)33-22)34-27-20(15-32-37(27)26(24)30)19-7-8-21(31-14-19)17-5-3-2-4-6-17/h2-8,14-15,18,40H,9-13,30H2,1H3,(H2,33,35,41). The summed E-state index contributed by atoms with van der Waals surface area (Å²) in [7, 11) is 0. The molecule has 12 heteroatoms. The normalized spacial score (nSPS) is 14.0. The molecule has 1 aliphatic heterocycles. The molecule has 0 unspecified atom stereocenters. The third kappa shape index (κ3) is 4.84. The molecule has 0 atom stereocenters.